The van der Waals surface area contributed by atoms with Gasteiger partial charge in [0, 0.05) is 22.0 Å². The third-order valence-electron chi connectivity index (χ3n) is 3.63. The van der Waals surface area contributed by atoms with Gasteiger partial charge in [-0.1, -0.05) is 15.9 Å². The topological polar surface area (TPSA) is 44.5 Å². The summed E-state index contributed by atoms with van der Waals surface area (Å²) >= 11 is 3.68. The second kappa shape index (κ2) is 3.62. The second-order valence-electron chi connectivity index (χ2n) is 5.04. The van der Waals surface area contributed by atoms with Crippen LogP contribution in [-0.4, -0.2) is 13.2 Å². The van der Waals surface area contributed by atoms with E-state index in [1.165, 1.54) is 5.56 Å². The Bertz CT molecular complexity index is 483. The van der Waals surface area contributed by atoms with E-state index in [0.29, 0.717) is 0 Å². The van der Waals surface area contributed by atoms with Crippen LogP contribution in [0.4, 0.5) is 0 Å². The summed E-state index contributed by atoms with van der Waals surface area (Å²) < 4.78 is 12.3. The van der Waals surface area contributed by atoms with Crippen LogP contribution in [-0.2, 0) is 12.0 Å². The molecule has 0 radical (unpaired) electrons. The minimum Gasteiger partial charge on any atom is -0.493 e. The van der Waals surface area contributed by atoms with Crippen LogP contribution in [0.2, 0.25) is 0 Å². The molecule has 1 aromatic rings. The zero-order valence-corrected chi connectivity index (χ0v) is 11.6. The number of halogens is 1. The predicted octanol–water partition coefficient (Wildman–Crippen LogP) is 2.73. The average Bonchev–Trinajstić information content (AvgIpc) is 2.89. The maximum absolute atomic E-state index is 6.29. The maximum Gasteiger partial charge on any atom is 0.166 e. The highest BCUT2D eigenvalue weighted by molar-refractivity contribution is 9.10. The number of hydrogen-bond donors (Lipinski definition) is 1. The molecule has 4 heteroatoms. The Hall–Kier alpha value is -0.740. The Morgan fingerprint density at radius 2 is 2.24 bits per heavy atom. The minimum atomic E-state index is -0.160. The molecule has 1 atom stereocenters. The Kier molecular flexibility index (Phi) is 2.42. The van der Waals surface area contributed by atoms with Gasteiger partial charge in [-0.15, -0.1) is 0 Å². The molecule has 1 saturated carbocycles. The molecule has 3 rings (SSSR count). The summed E-state index contributed by atoms with van der Waals surface area (Å²) in [6.45, 7) is 2.07. The van der Waals surface area contributed by atoms with Gasteiger partial charge in [-0.3, -0.25) is 0 Å². The van der Waals surface area contributed by atoms with E-state index in [1.807, 2.05) is 6.07 Å². The van der Waals surface area contributed by atoms with Gasteiger partial charge in [-0.25, -0.2) is 0 Å². The van der Waals surface area contributed by atoms with Gasteiger partial charge in [-0.2, -0.15) is 0 Å². The number of methoxy groups -OCH3 is 1. The fourth-order valence-corrected chi connectivity index (χ4v) is 3.28. The Labute approximate surface area is 109 Å². The highest BCUT2D eigenvalue weighted by Gasteiger charge is 2.43. The molecular formula is C13H16BrNO2. The van der Waals surface area contributed by atoms with Crippen LogP contribution in [0.3, 0.4) is 0 Å². The first-order chi connectivity index (χ1) is 8.05. The molecule has 1 heterocycles. The first kappa shape index (κ1) is 11.4. The molecule has 1 unspecified atom stereocenters. The quantitative estimate of drug-likeness (QED) is 0.913. The van der Waals surface area contributed by atoms with E-state index in [2.05, 4.69) is 22.9 Å². The number of nitrogens with two attached hydrogens (primary N) is 1. The van der Waals surface area contributed by atoms with Gasteiger partial charge in [0.25, 0.3) is 0 Å². The molecule has 0 spiro atoms. The smallest absolute Gasteiger partial charge is 0.166 e. The Morgan fingerprint density at radius 1 is 1.53 bits per heavy atom. The summed E-state index contributed by atoms with van der Waals surface area (Å²) in [4.78, 5) is 0. The van der Waals surface area contributed by atoms with Crippen molar-refractivity contribution in [2.75, 3.05) is 7.11 Å². The number of rotatable bonds is 2. The van der Waals surface area contributed by atoms with Crippen molar-refractivity contribution in [3.8, 4) is 11.5 Å². The molecular weight excluding hydrogens is 282 g/mol. The summed E-state index contributed by atoms with van der Waals surface area (Å²) in [5.41, 5.74) is 8.49. The summed E-state index contributed by atoms with van der Waals surface area (Å²) in [6.07, 6.45) is 3.21. The lowest BCUT2D eigenvalue weighted by Crippen LogP contribution is -2.19. The van der Waals surface area contributed by atoms with Crippen LogP contribution in [0, 0.1) is 0 Å². The number of fused-ring (bicyclic) bond motifs is 1. The normalized spacial score (nSPS) is 24.1. The SMILES string of the molecule is COc1cc(C2(N)CC2)c(Br)c2c1OC(C)C2. The van der Waals surface area contributed by atoms with Crippen molar-refractivity contribution in [1.82, 2.24) is 0 Å². The standard InChI is InChI=1S/C13H16BrNO2/c1-7-5-8-11(14)9(13(15)3-4-13)6-10(16-2)12(8)17-7/h6-7H,3-5,15H2,1-2H3. The van der Waals surface area contributed by atoms with Crippen molar-refractivity contribution < 1.29 is 9.47 Å². The largest absolute Gasteiger partial charge is 0.493 e. The second-order valence-corrected chi connectivity index (χ2v) is 5.83. The van der Waals surface area contributed by atoms with Gasteiger partial charge in [0.15, 0.2) is 11.5 Å². The molecule has 3 nitrogen and oxygen atoms in total. The van der Waals surface area contributed by atoms with Gasteiger partial charge in [0.05, 0.1) is 7.11 Å². The van der Waals surface area contributed by atoms with Gasteiger partial charge in [0.2, 0.25) is 0 Å². The molecule has 92 valence electrons. The third-order valence-corrected chi connectivity index (χ3v) is 4.54. The van der Waals surface area contributed by atoms with E-state index in [9.17, 15) is 0 Å². The zero-order valence-electron chi connectivity index (χ0n) is 10.0. The van der Waals surface area contributed by atoms with Crippen LogP contribution in [0.15, 0.2) is 10.5 Å². The fraction of sp³-hybridized carbons (Fsp3) is 0.538. The van der Waals surface area contributed by atoms with Gasteiger partial charge in [-0.05, 0) is 31.4 Å². The lowest BCUT2D eigenvalue weighted by Gasteiger charge is -2.17. The Morgan fingerprint density at radius 3 is 2.82 bits per heavy atom. The molecule has 0 aromatic heterocycles. The number of benzene rings is 1. The molecule has 0 bridgehead atoms. The monoisotopic (exact) mass is 297 g/mol. The van der Waals surface area contributed by atoms with E-state index in [4.69, 9.17) is 15.2 Å². The lowest BCUT2D eigenvalue weighted by atomic mass is 10.00. The molecule has 17 heavy (non-hydrogen) atoms. The van der Waals surface area contributed by atoms with Crippen LogP contribution >= 0.6 is 15.9 Å². The van der Waals surface area contributed by atoms with Crippen LogP contribution in [0.5, 0.6) is 11.5 Å². The summed E-state index contributed by atoms with van der Waals surface area (Å²) in [5, 5.41) is 0. The number of hydrogen-bond acceptors (Lipinski definition) is 3. The van der Waals surface area contributed by atoms with Crippen molar-refractivity contribution in [3.63, 3.8) is 0 Å². The molecule has 2 aliphatic rings. The van der Waals surface area contributed by atoms with E-state index in [0.717, 1.165) is 40.8 Å². The highest BCUT2D eigenvalue weighted by Crippen LogP contribution is 2.52. The van der Waals surface area contributed by atoms with Crippen molar-refractivity contribution in [1.29, 1.82) is 0 Å². The Balaban J connectivity index is 2.17. The van der Waals surface area contributed by atoms with Crippen LogP contribution < -0.4 is 15.2 Å². The molecule has 1 fully saturated rings. The molecule has 1 aromatic carbocycles. The molecule has 1 aliphatic heterocycles. The van der Waals surface area contributed by atoms with E-state index in [1.54, 1.807) is 7.11 Å². The predicted molar refractivity (Wildman–Crippen MR) is 69.6 cm³/mol. The van der Waals surface area contributed by atoms with E-state index < -0.39 is 0 Å². The summed E-state index contributed by atoms with van der Waals surface area (Å²) in [7, 11) is 1.68. The fourth-order valence-electron chi connectivity index (χ4n) is 2.43. The first-order valence-electron chi connectivity index (χ1n) is 5.90. The molecule has 0 saturated heterocycles. The van der Waals surface area contributed by atoms with Gasteiger partial charge < -0.3 is 15.2 Å². The summed E-state index contributed by atoms with van der Waals surface area (Å²) in [5.74, 6) is 1.68. The van der Waals surface area contributed by atoms with Gasteiger partial charge >= 0.3 is 0 Å². The number of ether oxygens (including phenoxy) is 2. The summed E-state index contributed by atoms with van der Waals surface area (Å²) in [6, 6.07) is 2.02. The maximum atomic E-state index is 6.29. The lowest BCUT2D eigenvalue weighted by molar-refractivity contribution is 0.243. The minimum absolute atomic E-state index is 0.160. The van der Waals surface area contributed by atoms with Crippen molar-refractivity contribution in [2.45, 2.75) is 37.8 Å². The average molecular weight is 298 g/mol. The van der Waals surface area contributed by atoms with E-state index in [-0.39, 0.29) is 11.6 Å². The molecule has 2 N–H and O–H groups in total. The van der Waals surface area contributed by atoms with E-state index >= 15 is 0 Å². The van der Waals surface area contributed by atoms with Crippen molar-refractivity contribution in [3.05, 3.63) is 21.7 Å². The van der Waals surface area contributed by atoms with Gasteiger partial charge in [0.1, 0.15) is 6.10 Å². The first-order valence-corrected chi connectivity index (χ1v) is 6.70. The molecule has 0 amide bonds. The van der Waals surface area contributed by atoms with Crippen molar-refractivity contribution in [2.24, 2.45) is 5.73 Å². The van der Waals surface area contributed by atoms with Crippen molar-refractivity contribution >= 4 is 15.9 Å². The zero-order chi connectivity index (χ0) is 12.2. The van der Waals surface area contributed by atoms with Crippen LogP contribution in [0.25, 0.3) is 0 Å². The third kappa shape index (κ3) is 1.66. The van der Waals surface area contributed by atoms with Crippen LogP contribution in [0.1, 0.15) is 30.9 Å². The highest BCUT2D eigenvalue weighted by atomic mass is 79.9. The molecule has 1 aliphatic carbocycles.